The summed E-state index contributed by atoms with van der Waals surface area (Å²) in [6, 6.07) is 0. The molecule has 0 nitrogen and oxygen atoms in total. The summed E-state index contributed by atoms with van der Waals surface area (Å²) >= 11 is 0. The second-order valence-corrected chi connectivity index (χ2v) is 8.76. The summed E-state index contributed by atoms with van der Waals surface area (Å²) in [5, 5.41) is 0. The monoisotopic (exact) mass is 610 g/mol. The topological polar surface area (TPSA) is 0 Å². The predicted molar refractivity (Wildman–Crippen MR) is 97.4 cm³/mol. The van der Waals surface area contributed by atoms with E-state index in [1.54, 1.807) is 0 Å². The zero-order valence-electron chi connectivity index (χ0n) is 16.2. The Hall–Kier alpha value is 0.512. The zero-order valence-corrected chi connectivity index (χ0v) is 20.4. The minimum Gasteiger partial charge on any atom is -0.358 e. The van der Waals surface area contributed by atoms with E-state index >= 15 is 0 Å². The average Bonchev–Trinajstić information content (AvgIpc) is 3.45. The third kappa shape index (κ3) is 4.99. The quantitative estimate of drug-likeness (QED) is 0.193. The molecule has 0 radical (unpaired) electrons. The molecule has 7 unspecified atom stereocenters. The van der Waals surface area contributed by atoms with Crippen LogP contribution in [-0.2, 0) is 0 Å². The fourth-order valence-corrected chi connectivity index (χ4v) is 5.87. The third-order valence-electron chi connectivity index (χ3n) is 7.46. The fourth-order valence-electron chi connectivity index (χ4n) is 5.87. The van der Waals surface area contributed by atoms with Crippen LogP contribution in [0.15, 0.2) is 11.6 Å². The molecule has 0 aromatic carbocycles. The van der Waals surface area contributed by atoms with Crippen LogP contribution in [0, 0.1) is 74.6 Å². The second-order valence-electron chi connectivity index (χ2n) is 8.76. The van der Waals surface area contributed by atoms with E-state index in [0.717, 1.165) is 56.9 Å². The van der Waals surface area contributed by atoms with Crippen molar-refractivity contribution in [2.75, 3.05) is 0 Å². The van der Waals surface area contributed by atoms with Crippen molar-refractivity contribution in [2.24, 2.45) is 29.6 Å². The van der Waals surface area contributed by atoms with E-state index in [1.807, 2.05) is 6.08 Å². The van der Waals surface area contributed by atoms with Crippen molar-refractivity contribution in [1.82, 2.24) is 0 Å². The minimum atomic E-state index is -1.43. The summed E-state index contributed by atoms with van der Waals surface area (Å²) in [5.74, 6) is -0.122. The molecule has 4 rings (SSSR count). The molecular formula is C22H32F4U. The number of hydrogen-bond donors (Lipinski definition) is 0. The van der Waals surface area contributed by atoms with Crippen LogP contribution in [0.3, 0.4) is 0 Å². The molecule has 0 bridgehead atoms. The van der Waals surface area contributed by atoms with Crippen LogP contribution in [0.4, 0.5) is 17.6 Å². The van der Waals surface area contributed by atoms with Crippen molar-refractivity contribution >= 4 is 0 Å². The maximum atomic E-state index is 14.7. The van der Waals surface area contributed by atoms with Gasteiger partial charge in [-0.2, -0.15) is 6.42 Å². The Morgan fingerprint density at radius 3 is 1.85 bits per heavy atom. The zero-order chi connectivity index (χ0) is 17.6. The molecular weight excluding hydrogens is 578 g/mol. The Bertz CT molecular complexity index is 503. The van der Waals surface area contributed by atoms with Crippen molar-refractivity contribution in [1.29, 1.82) is 0 Å². The molecule has 7 atom stereocenters. The summed E-state index contributed by atoms with van der Waals surface area (Å²) < 4.78 is 57.0. The largest absolute Gasteiger partial charge is 2.00 e. The van der Waals surface area contributed by atoms with Gasteiger partial charge in [0.1, 0.15) is 18.5 Å². The first kappa shape index (κ1) is 23.8. The van der Waals surface area contributed by atoms with Gasteiger partial charge in [0.15, 0.2) is 0 Å². The second kappa shape index (κ2) is 10.0. The predicted octanol–water partition coefficient (Wildman–Crippen LogP) is 6.57. The SMILES string of the molecule is FC1[CH-]CCC(C2CCC(C3CCC(C4=CC4)C(F)C3F)CC2)C1F.[CH3-].[U+2]. The molecule has 152 valence electrons. The van der Waals surface area contributed by atoms with Crippen LogP contribution >= 0.6 is 0 Å². The van der Waals surface area contributed by atoms with Crippen LogP contribution < -0.4 is 0 Å². The van der Waals surface area contributed by atoms with Gasteiger partial charge < -0.3 is 7.43 Å². The van der Waals surface area contributed by atoms with Gasteiger partial charge in [0.05, 0.1) is 0 Å². The first-order chi connectivity index (χ1) is 12.1. The van der Waals surface area contributed by atoms with Gasteiger partial charge in [0.2, 0.25) is 0 Å². The number of hydrogen-bond acceptors (Lipinski definition) is 0. The van der Waals surface area contributed by atoms with Gasteiger partial charge in [-0.15, -0.1) is 0 Å². The summed E-state index contributed by atoms with van der Waals surface area (Å²) in [5.41, 5.74) is 1.11. The minimum absolute atomic E-state index is 0. The van der Waals surface area contributed by atoms with Crippen LogP contribution in [0.5, 0.6) is 0 Å². The third-order valence-corrected chi connectivity index (χ3v) is 7.46. The summed E-state index contributed by atoms with van der Waals surface area (Å²) in [6.45, 7) is 0. The smallest absolute Gasteiger partial charge is 0.358 e. The van der Waals surface area contributed by atoms with Crippen LogP contribution in [0.1, 0.15) is 57.8 Å². The Morgan fingerprint density at radius 2 is 1.30 bits per heavy atom. The van der Waals surface area contributed by atoms with E-state index in [-0.39, 0.29) is 68.1 Å². The van der Waals surface area contributed by atoms with E-state index in [0.29, 0.717) is 6.42 Å². The fraction of sp³-hybridized carbons (Fsp3) is 0.818. The summed E-state index contributed by atoms with van der Waals surface area (Å²) in [6.07, 6.45) is 5.16. The van der Waals surface area contributed by atoms with Crippen molar-refractivity contribution < 1.29 is 48.7 Å². The van der Waals surface area contributed by atoms with Gasteiger partial charge in [0, 0.05) is 12.1 Å². The standard InChI is InChI=1S/C21H29F4.CH3.U/c22-18-3-1-2-15(19(18)23)12-4-6-13(7-5-12)16-10-11-17(14-8-9-14)21(25)20(16)24;;/h3,8,12-13,15-21H,1-2,4-7,9-11H2;1H3;/q2*-1;+2. The van der Waals surface area contributed by atoms with Gasteiger partial charge >= 0.3 is 31.1 Å². The molecule has 4 aliphatic carbocycles. The molecule has 0 amide bonds. The molecule has 0 aliphatic heterocycles. The number of allylic oxidation sites excluding steroid dienone is 2. The van der Waals surface area contributed by atoms with Crippen LogP contribution in [0.25, 0.3) is 0 Å². The van der Waals surface area contributed by atoms with Crippen molar-refractivity contribution in [3.63, 3.8) is 0 Å². The number of rotatable bonds is 3. The van der Waals surface area contributed by atoms with Crippen molar-refractivity contribution in [3.05, 3.63) is 25.5 Å². The van der Waals surface area contributed by atoms with Crippen LogP contribution in [-0.4, -0.2) is 24.7 Å². The maximum absolute atomic E-state index is 14.7. The molecule has 4 aliphatic rings. The van der Waals surface area contributed by atoms with Gasteiger partial charge in [-0.05, 0) is 68.6 Å². The molecule has 0 N–H and O–H groups in total. The molecule has 0 spiro atoms. The molecule has 3 saturated carbocycles. The first-order valence-corrected chi connectivity index (χ1v) is 10.1. The summed E-state index contributed by atoms with van der Waals surface area (Å²) in [4.78, 5) is 0. The van der Waals surface area contributed by atoms with E-state index < -0.39 is 24.7 Å². The van der Waals surface area contributed by atoms with E-state index in [9.17, 15) is 17.6 Å². The molecule has 0 aromatic heterocycles. The molecule has 0 saturated heterocycles. The van der Waals surface area contributed by atoms with E-state index in [1.165, 1.54) is 6.42 Å². The molecule has 3 fully saturated rings. The van der Waals surface area contributed by atoms with Crippen molar-refractivity contribution in [2.45, 2.75) is 82.5 Å². The Balaban J connectivity index is 0.00000131. The van der Waals surface area contributed by atoms with Crippen molar-refractivity contribution in [3.8, 4) is 0 Å². The number of alkyl halides is 4. The Kier molecular flexibility index (Phi) is 8.82. The Morgan fingerprint density at radius 1 is 0.741 bits per heavy atom. The van der Waals surface area contributed by atoms with Gasteiger partial charge in [-0.25, -0.2) is 13.2 Å². The summed E-state index contributed by atoms with van der Waals surface area (Å²) in [7, 11) is 0. The molecule has 0 aromatic rings. The van der Waals surface area contributed by atoms with Gasteiger partial charge in [-0.3, -0.25) is 10.8 Å². The van der Waals surface area contributed by atoms with E-state index in [4.69, 9.17) is 0 Å². The average molecular weight is 611 g/mol. The van der Waals surface area contributed by atoms with Crippen LogP contribution in [0.2, 0.25) is 0 Å². The normalized spacial score (nSPS) is 47.3. The molecule has 0 heterocycles. The maximum Gasteiger partial charge on any atom is 2.00 e. The van der Waals surface area contributed by atoms with E-state index in [2.05, 4.69) is 0 Å². The first-order valence-electron chi connectivity index (χ1n) is 10.1. The Labute approximate surface area is 185 Å². The van der Waals surface area contributed by atoms with Gasteiger partial charge in [-0.1, -0.05) is 18.1 Å². The number of halogens is 4. The molecule has 5 heteroatoms. The molecule has 27 heavy (non-hydrogen) atoms. The van der Waals surface area contributed by atoms with Gasteiger partial charge in [0.25, 0.3) is 0 Å².